The van der Waals surface area contributed by atoms with Gasteiger partial charge in [0.15, 0.2) is 5.78 Å². The Hall–Kier alpha value is -1.22. The third kappa shape index (κ3) is 2.17. The van der Waals surface area contributed by atoms with Crippen molar-refractivity contribution in [3.63, 3.8) is 0 Å². The van der Waals surface area contributed by atoms with Crippen molar-refractivity contribution < 1.29 is 9.18 Å². The molecule has 0 saturated heterocycles. The molecule has 1 aromatic rings. The minimum Gasteiger partial charge on any atom is -0.313 e. The van der Waals surface area contributed by atoms with Crippen molar-refractivity contribution in [2.45, 2.75) is 13.8 Å². The molecule has 14 heavy (non-hydrogen) atoms. The van der Waals surface area contributed by atoms with Gasteiger partial charge in [0.1, 0.15) is 5.82 Å². The number of rotatable bonds is 3. The molecule has 0 amide bonds. The average Bonchev–Trinajstić information content (AvgIpc) is 2.11. The van der Waals surface area contributed by atoms with Crippen LogP contribution >= 0.6 is 0 Å². The quantitative estimate of drug-likeness (QED) is 0.746. The van der Waals surface area contributed by atoms with Crippen LogP contribution in [0, 0.1) is 19.7 Å². The predicted octanol–water partition coefficient (Wildman–Crippen LogP) is 1.84. The van der Waals surface area contributed by atoms with Crippen LogP contribution in [-0.4, -0.2) is 19.4 Å². The van der Waals surface area contributed by atoms with Gasteiger partial charge in [-0.1, -0.05) is 0 Å². The number of ketones is 1. The number of nitrogens with one attached hydrogen (secondary N) is 1. The summed E-state index contributed by atoms with van der Waals surface area (Å²) >= 11 is 0. The van der Waals surface area contributed by atoms with Crippen molar-refractivity contribution >= 4 is 5.78 Å². The third-order valence-corrected chi connectivity index (χ3v) is 2.13. The van der Waals surface area contributed by atoms with Gasteiger partial charge in [-0.3, -0.25) is 4.79 Å². The normalized spacial score (nSPS) is 10.3. The summed E-state index contributed by atoms with van der Waals surface area (Å²) in [6.07, 6.45) is 0. The Balaban J connectivity index is 3.13. The number of Topliss-reactive ketones (excluding diaryl/α,β-unsaturated/α-hetero) is 1. The number of carbonyl (C=O) groups excluding carboxylic acids is 1. The zero-order valence-corrected chi connectivity index (χ0v) is 8.65. The number of benzene rings is 1. The fourth-order valence-corrected chi connectivity index (χ4v) is 1.36. The smallest absolute Gasteiger partial charge is 0.176 e. The topological polar surface area (TPSA) is 29.1 Å². The molecule has 76 valence electrons. The van der Waals surface area contributed by atoms with Crippen molar-refractivity contribution in [3.8, 4) is 0 Å². The summed E-state index contributed by atoms with van der Waals surface area (Å²) in [6.45, 7) is 3.64. The Kier molecular flexibility index (Phi) is 3.36. The van der Waals surface area contributed by atoms with Crippen LogP contribution in [0.4, 0.5) is 4.39 Å². The monoisotopic (exact) mass is 195 g/mol. The lowest BCUT2D eigenvalue weighted by Gasteiger charge is -2.06. The predicted molar refractivity (Wildman–Crippen MR) is 54.1 cm³/mol. The largest absolute Gasteiger partial charge is 0.313 e. The van der Waals surface area contributed by atoms with Gasteiger partial charge in [-0.25, -0.2) is 4.39 Å². The summed E-state index contributed by atoms with van der Waals surface area (Å²) in [5.41, 5.74) is 1.67. The molecule has 0 atom stereocenters. The number of halogens is 1. The molecule has 1 rings (SSSR count). The van der Waals surface area contributed by atoms with Crippen molar-refractivity contribution in [3.05, 3.63) is 34.6 Å². The fraction of sp³-hybridized carbons (Fsp3) is 0.364. The number of hydrogen-bond donors (Lipinski definition) is 1. The minimum absolute atomic E-state index is 0.0763. The maximum Gasteiger partial charge on any atom is 0.176 e. The number of carbonyl (C=O) groups is 1. The second-order valence-corrected chi connectivity index (χ2v) is 3.37. The van der Waals surface area contributed by atoms with E-state index < -0.39 is 0 Å². The molecule has 0 aliphatic carbocycles. The van der Waals surface area contributed by atoms with Crippen LogP contribution in [0.25, 0.3) is 0 Å². The van der Waals surface area contributed by atoms with Crippen LogP contribution in [0.5, 0.6) is 0 Å². The van der Waals surface area contributed by atoms with Gasteiger partial charge in [0.05, 0.1) is 6.54 Å². The summed E-state index contributed by atoms with van der Waals surface area (Å²) in [7, 11) is 1.69. The Morgan fingerprint density at radius 3 is 2.64 bits per heavy atom. The molecule has 1 aromatic carbocycles. The Labute approximate surface area is 83.1 Å². The summed E-state index contributed by atoms with van der Waals surface area (Å²) in [5, 5.41) is 2.76. The third-order valence-electron chi connectivity index (χ3n) is 2.13. The maximum absolute atomic E-state index is 13.3. The lowest BCUT2D eigenvalue weighted by Crippen LogP contribution is -2.19. The summed E-state index contributed by atoms with van der Waals surface area (Å²) < 4.78 is 13.3. The highest BCUT2D eigenvalue weighted by atomic mass is 19.1. The van der Waals surface area contributed by atoms with E-state index in [0.717, 1.165) is 5.56 Å². The first-order valence-corrected chi connectivity index (χ1v) is 4.50. The van der Waals surface area contributed by atoms with E-state index in [0.29, 0.717) is 11.1 Å². The van der Waals surface area contributed by atoms with E-state index >= 15 is 0 Å². The van der Waals surface area contributed by atoms with Gasteiger partial charge < -0.3 is 5.32 Å². The van der Waals surface area contributed by atoms with E-state index in [-0.39, 0.29) is 18.1 Å². The molecule has 0 fully saturated rings. The van der Waals surface area contributed by atoms with E-state index in [4.69, 9.17) is 0 Å². The lowest BCUT2D eigenvalue weighted by molar-refractivity contribution is 0.0992. The molecule has 0 spiro atoms. The lowest BCUT2D eigenvalue weighted by atomic mass is 10.0. The molecule has 0 unspecified atom stereocenters. The number of aryl methyl sites for hydroxylation is 1. The van der Waals surface area contributed by atoms with Gasteiger partial charge in [-0.15, -0.1) is 0 Å². The number of hydrogen-bond acceptors (Lipinski definition) is 2. The first-order valence-electron chi connectivity index (χ1n) is 4.50. The van der Waals surface area contributed by atoms with Crippen LogP contribution in [0.3, 0.4) is 0 Å². The van der Waals surface area contributed by atoms with Gasteiger partial charge in [0.25, 0.3) is 0 Å². The second kappa shape index (κ2) is 4.33. The summed E-state index contributed by atoms with van der Waals surface area (Å²) in [6, 6.07) is 3.16. The van der Waals surface area contributed by atoms with Gasteiger partial charge in [-0.05, 0) is 44.2 Å². The zero-order chi connectivity index (χ0) is 10.7. The number of likely N-dealkylation sites (N-methyl/N-ethyl adjacent to an activating group) is 1. The minimum atomic E-state index is -0.315. The van der Waals surface area contributed by atoms with Crippen LogP contribution < -0.4 is 5.32 Å². The summed E-state index contributed by atoms with van der Waals surface area (Å²) in [5.74, 6) is -0.392. The van der Waals surface area contributed by atoms with Crippen molar-refractivity contribution in [1.29, 1.82) is 0 Å². The molecule has 0 saturated carbocycles. The van der Waals surface area contributed by atoms with E-state index in [1.54, 1.807) is 27.0 Å². The molecular weight excluding hydrogens is 181 g/mol. The molecular formula is C11H14FNO. The molecule has 0 bridgehead atoms. The van der Waals surface area contributed by atoms with Gasteiger partial charge in [-0.2, -0.15) is 0 Å². The highest BCUT2D eigenvalue weighted by molar-refractivity contribution is 5.99. The van der Waals surface area contributed by atoms with Crippen molar-refractivity contribution in [2.75, 3.05) is 13.6 Å². The van der Waals surface area contributed by atoms with Gasteiger partial charge in [0.2, 0.25) is 0 Å². The first-order chi connectivity index (χ1) is 6.56. The van der Waals surface area contributed by atoms with E-state index in [1.807, 2.05) is 0 Å². The fourth-order valence-electron chi connectivity index (χ4n) is 1.36. The SMILES string of the molecule is CNCC(=O)c1cc(C)cc(F)c1C. The second-order valence-electron chi connectivity index (χ2n) is 3.37. The summed E-state index contributed by atoms with van der Waals surface area (Å²) in [4.78, 5) is 11.5. The van der Waals surface area contributed by atoms with E-state index in [2.05, 4.69) is 5.32 Å². The standard InChI is InChI=1S/C11H14FNO/c1-7-4-9(11(14)6-13-3)8(2)10(12)5-7/h4-5,13H,6H2,1-3H3. The van der Waals surface area contributed by atoms with E-state index in [1.165, 1.54) is 6.07 Å². The molecule has 2 nitrogen and oxygen atoms in total. The van der Waals surface area contributed by atoms with Crippen LogP contribution in [0.15, 0.2) is 12.1 Å². The maximum atomic E-state index is 13.3. The van der Waals surface area contributed by atoms with Gasteiger partial charge >= 0.3 is 0 Å². The van der Waals surface area contributed by atoms with Crippen LogP contribution in [-0.2, 0) is 0 Å². The van der Waals surface area contributed by atoms with Crippen molar-refractivity contribution in [1.82, 2.24) is 5.32 Å². The Morgan fingerprint density at radius 1 is 1.43 bits per heavy atom. The van der Waals surface area contributed by atoms with E-state index in [9.17, 15) is 9.18 Å². The molecule has 0 aromatic heterocycles. The van der Waals surface area contributed by atoms with Crippen molar-refractivity contribution in [2.24, 2.45) is 0 Å². The first kappa shape index (κ1) is 10.9. The molecule has 3 heteroatoms. The molecule has 1 N–H and O–H groups in total. The molecule has 0 radical (unpaired) electrons. The van der Waals surface area contributed by atoms with Crippen LogP contribution in [0.1, 0.15) is 21.5 Å². The average molecular weight is 195 g/mol. The molecule has 0 aliphatic heterocycles. The zero-order valence-electron chi connectivity index (χ0n) is 8.65. The highest BCUT2D eigenvalue weighted by Crippen LogP contribution is 2.15. The van der Waals surface area contributed by atoms with Gasteiger partial charge in [0, 0.05) is 5.56 Å². The highest BCUT2D eigenvalue weighted by Gasteiger charge is 2.11. The Bertz CT molecular complexity index is 361. The van der Waals surface area contributed by atoms with Crippen LogP contribution in [0.2, 0.25) is 0 Å². The molecule has 0 heterocycles. The Morgan fingerprint density at radius 2 is 2.07 bits per heavy atom. The molecule has 0 aliphatic rings.